The summed E-state index contributed by atoms with van der Waals surface area (Å²) in [4.78, 5) is 37.4. The number of benzene rings is 2. The molecule has 1 saturated heterocycles. The van der Waals surface area contributed by atoms with E-state index >= 15 is 0 Å². The number of imide groups is 1. The van der Waals surface area contributed by atoms with Gasteiger partial charge in [0, 0.05) is 10.2 Å². The third-order valence-electron chi connectivity index (χ3n) is 4.60. The van der Waals surface area contributed by atoms with Gasteiger partial charge in [0.2, 0.25) is 11.8 Å². The number of hydrogen-bond donors (Lipinski definition) is 2. The first-order valence-electron chi connectivity index (χ1n) is 8.52. The molecule has 2 aromatic rings. The fourth-order valence-corrected chi connectivity index (χ4v) is 3.09. The summed E-state index contributed by atoms with van der Waals surface area (Å²) in [5.74, 6) is -0.400. The van der Waals surface area contributed by atoms with Gasteiger partial charge in [0.1, 0.15) is 0 Å². The van der Waals surface area contributed by atoms with E-state index in [1.54, 1.807) is 18.2 Å². The van der Waals surface area contributed by atoms with Crippen molar-refractivity contribution < 1.29 is 14.4 Å². The fourth-order valence-electron chi connectivity index (χ4n) is 2.83. The van der Waals surface area contributed by atoms with E-state index in [1.807, 2.05) is 44.2 Å². The first kappa shape index (κ1) is 19.1. The Kier molecular flexibility index (Phi) is 5.32. The van der Waals surface area contributed by atoms with Crippen LogP contribution in [0.15, 0.2) is 53.0 Å². The van der Waals surface area contributed by atoms with E-state index in [0.29, 0.717) is 5.69 Å². The first-order chi connectivity index (χ1) is 12.8. The second kappa shape index (κ2) is 7.52. The lowest BCUT2D eigenvalue weighted by atomic mass is 9.83. The molecule has 0 aliphatic carbocycles. The lowest BCUT2D eigenvalue weighted by molar-refractivity contribution is -0.125. The third kappa shape index (κ3) is 4.19. The number of amides is 4. The highest BCUT2D eigenvalue weighted by molar-refractivity contribution is 9.10. The van der Waals surface area contributed by atoms with Crippen LogP contribution in [0, 0.1) is 0 Å². The standard InChI is InChI=1S/C20H20BrN3O3/c1-20(2,14-6-8-15(21)9-7-14)18(26)23-16-5-3-4-13(10-16)12-24-17(25)11-22-19(24)27/h3-10H,11-12H2,1-2H3,(H,22,27)(H,23,26). The predicted octanol–water partition coefficient (Wildman–Crippen LogP) is 3.42. The van der Waals surface area contributed by atoms with Crippen LogP contribution in [0.5, 0.6) is 0 Å². The Morgan fingerprint density at radius 3 is 2.52 bits per heavy atom. The smallest absolute Gasteiger partial charge is 0.324 e. The monoisotopic (exact) mass is 429 g/mol. The number of nitrogens with zero attached hydrogens (tertiary/aromatic N) is 1. The summed E-state index contributed by atoms with van der Waals surface area (Å²) >= 11 is 3.40. The van der Waals surface area contributed by atoms with Crippen molar-refractivity contribution in [2.75, 3.05) is 11.9 Å². The lowest BCUT2D eigenvalue weighted by Gasteiger charge is -2.24. The van der Waals surface area contributed by atoms with Crippen LogP contribution in [0.1, 0.15) is 25.0 Å². The molecule has 1 fully saturated rings. The molecule has 0 unspecified atom stereocenters. The number of anilines is 1. The zero-order valence-corrected chi connectivity index (χ0v) is 16.7. The quantitative estimate of drug-likeness (QED) is 0.714. The topological polar surface area (TPSA) is 78.5 Å². The summed E-state index contributed by atoms with van der Waals surface area (Å²) in [6.07, 6.45) is 0. The average molecular weight is 430 g/mol. The van der Waals surface area contributed by atoms with Gasteiger partial charge in [0.25, 0.3) is 0 Å². The molecule has 27 heavy (non-hydrogen) atoms. The minimum absolute atomic E-state index is 0.0244. The molecule has 1 heterocycles. The average Bonchev–Trinajstić information content (AvgIpc) is 2.94. The number of carbonyl (C=O) groups excluding carboxylic acids is 3. The summed E-state index contributed by atoms with van der Waals surface area (Å²) < 4.78 is 0.954. The summed E-state index contributed by atoms with van der Waals surface area (Å²) in [7, 11) is 0. The Hall–Kier alpha value is -2.67. The van der Waals surface area contributed by atoms with Gasteiger partial charge in [-0.05, 0) is 49.2 Å². The maximum atomic E-state index is 12.8. The van der Waals surface area contributed by atoms with Crippen LogP contribution in [0.3, 0.4) is 0 Å². The van der Waals surface area contributed by atoms with Crippen LogP contribution in [-0.4, -0.2) is 29.3 Å². The zero-order chi connectivity index (χ0) is 19.6. The van der Waals surface area contributed by atoms with Crippen molar-refractivity contribution in [3.63, 3.8) is 0 Å². The van der Waals surface area contributed by atoms with Gasteiger partial charge in [-0.15, -0.1) is 0 Å². The molecule has 2 aromatic carbocycles. The number of urea groups is 1. The third-order valence-corrected chi connectivity index (χ3v) is 5.12. The summed E-state index contributed by atoms with van der Waals surface area (Å²) in [6, 6.07) is 14.4. The Morgan fingerprint density at radius 1 is 1.19 bits per heavy atom. The molecule has 0 atom stereocenters. The maximum absolute atomic E-state index is 12.8. The largest absolute Gasteiger partial charge is 0.329 e. The second-order valence-corrected chi connectivity index (χ2v) is 7.84. The predicted molar refractivity (Wildman–Crippen MR) is 106 cm³/mol. The van der Waals surface area contributed by atoms with Crippen molar-refractivity contribution in [2.24, 2.45) is 0 Å². The van der Waals surface area contributed by atoms with Gasteiger partial charge in [0.05, 0.1) is 18.5 Å². The molecule has 3 rings (SSSR count). The molecule has 4 amide bonds. The highest BCUT2D eigenvalue weighted by Crippen LogP contribution is 2.27. The van der Waals surface area contributed by atoms with Crippen molar-refractivity contribution in [2.45, 2.75) is 25.8 Å². The molecule has 2 N–H and O–H groups in total. The number of nitrogens with one attached hydrogen (secondary N) is 2. The van der Waals surface area contributed by atoms with E-state index in [0.717, 1.165) is 20.5 Å². The molecule has 0 aromatic heterocycles. The second-order valence-electron chi connectivity index (χ2n) is 6.92. The van der Waals surface area contributed by atoms with Crippen molar-refractivity contribution in [3.05, 3.63) is 64.1 Å². The maximum Gasteiger partial charge on any atom is 0.324 e. The van der Waals surface area contributed by atoms with E-state index in [1.165, 1.54) is 0 Å². The molecule has 1 aliphatic heterocycles. The van der Waals surface area contributed by atoms with Crippen molar-refractivity contribution >= 4 is 39.5 Å². The molecule has 0 spiro atoms. The van der Waals surface area contributed by atoms with Crippen molar-refractivity contribution in [1.29, 1.82) is 0 Å². The van der Waals surface area contributed by atoms with E-state index in [-0.39, 0.29) is 24.9 Å². The van der Waals surface area contributed by atoms with E-state index in [9.17, 15) is 14.4 Å². The molecule has 0 saturated carbocycles. The molecule has 1 aliphatic rings. The molecule has 6 nitrogen and oxygen atoms in total. The molecule has 140 valence electrons. The van der Waals surface area contributed by atoms with Crippen LogP contribution in [0.25, 0.3) is 0 Å². The molecule has 0 radical (unpaired) electrons. The summed E-state index contributed by atoms with van der Waals surface area (Å²) in [6.45, 7) is 3.92. The first-order valence-corrected chi connectivity index (χ1v) is 9.31. The van der Waals surface area contributed by atoms with Gasteiger partial charge in [-0.25, -0.2) is 4.79 Å². The van der Waals surface area contributed by atoms with E-state index in [4.69, 9.17) is 0 Å². The number of halogens is 1. The Morgan fingerprint density at radius 2 is 1.89 bits per heavy atom. The zero-order valence-electron chi connectivity index (χ0n) is 15.1. The van der Waals surface area contributed by atoms with Crippen LogP contribution < -0.4 is 10.6 Å². The van der Waals surface area contributed by atoms with Crippen molar-refractivity contribution in [3.8, 4) is 0 Å². The fraction of sp³-hybridized carbons (Fsp3) is 0.250. The Bertz CT molecular complexity index is 878. The van der Waals surface area contributed by atoms with E-state index < -0.39 is 11.4 Å². The molecular formula is C20H20BrN3O3. The number of hydrogen-bond acceptors (Lipinski definition) is 3. The molecule has 7 heteroatoms. The molecule has 0 bridgehead atoms. The van der Waals surface area contributed by atoms with Crippen molar-refractivity contribution in [1.82, 2.24) is 10.2 Å². The van der Waals surface area contributed by atoms with Crippen LogP contribution in [0.4, 0.5) is 10.5 Å². The Labute approximate surface area is 166 Å². The number of rotatable bonds is 5. The Balaban J connectivity index is 1.73. The van der Waals surface area contributed by atoms with Gasteiger partial charge >= 0.3 is 6.03 Å². The van der Waals surface area contributed by atoms with E-state index in [2.05, 4.69) is 26.6 Å². The minimum atomic E-state index is -0.721. The van der Waals surface area contributed by atoms with Gasteiger partial charge < -0.3 is 10.6 Å². The van der Waals surface area contributed by atoms with Crippen LogP contribution in [0.2, 0.25) is 0 Å². The minimum Gasteiger partial charge on any atom is -0.329 e. The normalized spacial score (nSPS) is 14.3. The van der Waals surface area contributed by atoms with Gasteiger partial charge in [-0.3, -0.25) is 14.5 Å². The van der Waals surface area contributed by atoms with Crippen LogP contribution >= 0.6 is 15.9 Å². The van der Waals surface area contributed by atoms with Gasteiger partial charge in [0.15, 0.2) is 0 Å². The SMILES string of the molecule is CC(C)(C(=O)Nc1cccc(CN2C(=O)CNC2=O)c1)c1ccc(Br)cc1. The van der Waals surface area contributed by atoms with Crippen LogP contribution in [-0.2, 0) is 21.5 Å². The van der Waals surface area contributed by atoms with Gasteiger partial charge in [-0.1, -0.05) is 40.2 Å². The van der Waals surface area contributed by atoms with Gasteiger partial charge in [-0.2, -0.15) is 0 Å². The molecular weight excluding hydrogens is 410 g/mol. The highest BCUT2D eigenvalue weighted by Gasteiger charge is 2.30. The highest BCUT2D eigenvalue weighted by atomic mass is 79.9. The number of carbonyl (C=O) groups is 3. The summed E-state index contributed by atoms with van der Waals surface area (Å²) in [5.41, 5.74) is 1.56. The summed E-state index contributed by atoms with van der Waals surface area (Å²) in [5, 5.41) is 5.42. The lowest BCUT2D eigenvalue weighted by Crippen LogP contribution is -2.34.